The third kappa shape index (κ3) is 1.02. The Morgan fingerprint density at radius 1 is 0.867 bits per heavy atom. The van der Waals surface area contributed by atoms with Gasteiger partial charge in [-0.3, -0.25) is 0 Å². The minimum atomic E-state index is -0.965. The van der Waals surface area contributed by atoms with Crippen molar-refractivity contribution in [1.29, 1.82) is 0 Å². The fourth-order valence-corrected chi connectivity index (χ4v) is 4.47. The molecule has 0 unspecified atom stereocenters. The lowest BCUT2D eigenvalue weighted by Gasteiger charge is -2.68. The average Bonchev–Trinajstić information content (AvgIpc) is 2.22. The highest BCUT2D eigenvalue weighted by atomic mass is 16.4. The van der Waals surface area contributed by atoms with Gasteiger partial charge in [0.2, 0.25) is 0 Å². The van der Waals surface area contributed by atoms with Crippen LogP contribution in [-0.4, -0.2) is 32.6 Å². The molecule has 0 aromatic carbocycles. The number of aliphatic hydroxyl groups is 3. The molecule has 3 saturated carbocycles. The Hall–Kier alpha value is -0.120. The summed E-state index contributed by atoms with van der Waals surface area (Å²) >= 11 is 0. The molecule has 3 fully saturated rings. The molecule has 3 rings (SSSR count). The summed E-state index contributed by atoms with van der Waals surface area (Å²) in [6, 6.07) is 0. The van der Waals surface area contributed by atoms with E-state index in [1.807, 2.05) is 0 Å². The monoisotopic (exact) mass is 212 g/mol. The van der Waals surface area contributed by atoms with Crippen LogP contribution in [0.5, 0.6) is 0 Å². The summed E-state index contributed by atoms with van der Waals surface area (Å²) in [7, 11) is 0. The van der Waals surface area contributed by atoms with E-state index in [0.29, 0.717) is 6.42 Å². The van der Waals surface area contributed by atoms with Crippen molar-refractivity contribution >= 4 is 0 Å². The van der Waals surface area contributed by atoms with E-state index < -0.39 is 17.3 Å². The zero-order valence-corrected chi connectivity index (χ0v) is 9.02. The second kappa shape index (κ2) is 2.96. The number of fused-ring (bicyclic) bond motifs is 4. The van der Waals surface area contributed by atoms with Crippen molar-refractivity contribution in [2.45, 2.75) is 62.3 Å². The first kappa shape index (κ1) is 10.1. The minimum Gasteiger partial charge on any atom is -0.390 e. The van der Waals surface area contributed by atoms with Gasteiger partial charge in [0, 0.05) is 11.8 Å². The van der Waals surface area contributed by atoms with Crippen molar-refractivity contribution < 1.29 is 15.3 Å². The third-order valence-corrected chi connectivity index (χ3v) is 5.15. The van der Waals surface area contributed by atoms with Crippen LogP contribution in [0, 0.1) is 11.8 Å². The van der Waals surface area contributed by atoms with Gasteiger partial charge in [0.1, 0.15) is 5.60 Å². The molecule has 0 radical (unpaired) electrons. The summed E-state index contributed by atoms with van der Waals surface area (Å²) in [5.41, 5.74) is -1.62. The topological polar surface area (TPSA) is 60.7 Å². The summed E-state index contributed by atoms with van der Waals surface area (Å²) in [6.45, 7) is 0. The van der Waals surface area contributed by atoms with Gasteiger partial charge in [-0.2, -0.15) is 0 Å². The van der Waals surface area contributed by atoms with Gasteiger partial charge in [0.25, 0.3) is 0 Å². The Kier molecular flexibility index (Phi) is 1.99. The van der Waals surface area contributed by atoms with Crippen LogP contribution in [0.4, 0.5) is 0 Å². The van der Waals surface area contributed by atoms with Crippen molar-refractivity contribution in [1.82, 2.24) is 0 Å². The standard InChI is InChI=1S/C12H20O3/c13-10-6-3-5-9-11(14)7-2-1-4-8(11)12(9,10)15/h8-10,13-15H,1-7H2/t8-,9+,10-,11-,12+/m0/s1. The maximum atomic E-state index is 10.5. The van der Waals surface area contributed by atoms with Crippen LogP contribution in [0.15, 0.2) is 0 Å². The van der Waals surface area contributed by atoms with Crippen LogP contribution in [0.1, 0.15) is 44.9 Å². The molecule has 0 saturated heterocycles. The molecule has 0 aliphatic heterocycles. The molecule has 15 heavy (non-hydrogen) atoms. The molecule has 0 amide bonds. The molecular weight excluding hydrogens is 192 g/mol. The molecule has 3 N–H and O–H groups in total. The van der Waals surface area contributed by atoms with E-state index in [9.17, 15) is 15.3 Å². The Morgan fingerprint density at radius 2 is 1.53 bits per heavy atom. The van der Waals surface area contributed by atoms with Crippen molar-refractivity contribution in [3.63, 3.8) is 0 Å². The third-order valence-electron chi connectivity index (χ3n) is 5.15. The molecule has 0 aromatic rings. The van der Waals surface area contributed by atoms with Crippen LogP contribution in [0.2, 0.25) is 0 Å². The Bertz CT molecular complexity index is 266. The first-order chi connectivity index (χ1) is 7.10. The van der Waals surface area contributed by atoms with E-state index in [1.165, 1.54) is 0 Å². The second-order valence-corrected chi connectivity index (χ2v) is 5.68. The van der Waals surface area contributed by atoms with Crippen LogP contribution in [0.3, 0.4) is 0 Å². The second-order valence-electron chi connectivity index (χ2n) is 5.68. The maximum absolute atomic E-state index is 10.5. The molecule has 0 aromatic heterocycles. The summed E-state index contributed by atoms with van der Waals surface area (Å²) < 4.78 is 0. The van der Waals surface area contributed by atoms with Crippen molar-refractivity contribution in [2.24, 2.45) is 11.8 Å². The van der Waals surface area contributed by atoms with Crippen LogP contribution in [-0.2, 0) is 0 Å². The predicted octanol–water partition coefficient (Wildman–Crippen LogP) is 0.813. The lowest BCUT2D eigenvalue weighted by molar-refractivity contribution is -0.343. The zero-order chi connectivity index (χ0) is 10.7. The van der Waals surface area contributed by atoms with E-state index in [-0.39, 0.29) is 11.8 Å². The van der Waals surface area contributed by atoms with Gasteiger partial charge in [-0.15, -0.1) is 0 Å². The molecule has 3 heteroatoms. The summed E-state index contributed by atoms with van der Waals surface area (Å²) in [4.78, 5) is 0. The van der Waals surface area contributed by atoms with Gasteiger partial charge in [-0.25, -0.2) is 0 Å². The summed E-state index contributed by atoms with van der Waals surface area (Å²) in [5.74, 6) is -0.141. The molecular formula is C12H20O3. The van der Waals surface area contributed by atoms with Crippen LogP contribution in [0.25, 0.3) is 0 Å². The predicted molar refractivity (Wildman–Crippen MR) is 55.2 cm³/mol. The molecule has 5 atom stereocenters. The van der Waals surface area contributed by atoms with Gasteiger partial charge in [0.15, 0.2) is 0 Å². The highest BCUT2D eigenvalue weighted by Crippen LogP contribution is 2.63. The number of aliphatic hydroxyl groups excluding tert-OH is 1. The van der Waals surface area contributed by atoms with Gasteiger partial charge in [-0.05, 0) is 25.7 Å². The average molecular weight is 212 g/mol. The lowest BCUT2D eigenvalue weighted by Crippen LogP contribution is -2.79. The normalized spacial score (nSPS) is 59.0. The summed E-state index contributed by atoms with van der Waals surface area (Å²) in [6.07, 6.45) is 5.73. The minimum absolute atomic E-state index is 0.0703. The molecule has 0 bridgehead atoms. The lowest BCUT2D eigenvalue weighted by atomic mass is 9.42. The Labute approximate surface area is 90.1 Å². The van der Waals surface area contributed by atoms with Crippen LogP contribution >= 0.6 is 0 Å². The van der Waals surface area contributed by atoms with Crippen molar-refractivity contribution in [3.8, 4) is 0 Å². The highest BCUT2D eigenvalue weighted by molar-refractivity contribution is 5.23. The van der Waals surface area contributed by atoms with Crippen molar-refractivity contribution in [3.05, 3.63) is 0 Å². The van der Waals surface area contributed by atoms with Gasteiger partial charge < -0.3 is 15.3 Å². The zero-order valence-electron chi connectivity index (χ0n) is 9.02. The smallest absolute Gasteiger partial charge is 0.102 e. The van der Waals surface area contributed by atoms with Gasteiger partial charge in [0.05, 0.1) is 11.7 Å². The van der Waals surface area contributed by atoms with Crippen molar-refractivity contribution in [2.75, 3.05) is 0 Å². The molecule has 3 nitrogen and oxygen atoms in total. The number of hydrogen-bond acceptors (Lipinski definition) is 3. The molecule has 0 spiro atoms. The molecule has 3 aliphatic carbocycles. The maximum Gasteiger partial charge on any atom is 0.102 e. The largest absolute Gasteiger partial charge is 0.390 e. The van der Waals surface area contributed by atoms with Crippen LogP contribution < -0.4 is 0 Å². The first-order valence-corrected chi connectivity index (χ1v) is 6.23. The van der Waals surface area contributed by atoms with E-state index in [4.69, 9.17) is 0 Å². The molecule has 3 aliphatic rings. The molecule has 0 heterocycles. The molecule has 86 valence electrons. The fraction of sp³-hybridized carbons (Fsp3) is 1.00. The fourth-order valence-electron chi connectivity index (χ4n) is 4.47. The quantitative estimate of drug-likeness (QED) is 0.557. The van der Waals surface area contributed by atoms with Gasteiger partial charge >= 0.3 is 0 Å². The Balaban J connectivity index is 1.93. The highest BCUT2D eigenvalue weighted by Gasteiger charge is 2.72. The summed E-state index contributed by atoms with van der Waals surface area (Å²) in [5, 5.41) is 31.0. The number of hydrogen-bond donors (Lipinski definition) is 3. The Morgan fingerprint density at radius 3 is 2.27 bits per heavy atom. The first-order valence-electron chi connectivity index (χ1n) is 6.23. The number of rotatable bonds is 0. The van der Waals surface area contributed by atoms with E-state index in [2.05, 4.69) is 0 Å². The SMILES string of the molecule is O[C@H]1CCC[C@@H]2[C@]3(O)CCCC[C@@H]3[C@@]21O. The van der Waals surface area contributed by atoms with E-state index >= 15 is 0 Å². The van der Waals surface area contributed by atoms with E-state index in [0.717, 1.165) is 38.5 Å². The van der Waals surface area contributed by atoms with Gasteiger partial charge in [-0.1, -0.05) is 19.3 Å². The van der Waals surface area contributed by atoms with E-state index in [1.54, 1.807) is 0 Å².